The molecule has 0 saturated heterocycles. The summed E-state index contributed by atoms with van der Waals surface area (Å²) in [5.74, 6) is -0.0519. The fraction of sp³-hybridized carbons (Fsp3) is 0.905. The van der Waals surface area contributed by atoms with E-state index in [-0.39, 0.29) is 18.5 Å². The summed E-state index contributed by atoms with van der Waals surface area (Å²) in [4.78, 5) is 21.2. The van der Waals surface area contributed by atoms with Crippen LogP contribution in [-0.4, -0.2) is 96.8 Å². The monoisotopic (exact) mass is 486 g/mol. The number of rotatable bonds is 19. The Balaban J connectivity index is -0.000000403. The Hall–Kier alpha value is -0.950. The van der Waals surface area contributed by atoms with Crippen molar-refractivity contribution < 1.29 is 38.0 Å². The van der Waals surface area contributed by atoms with E-state index in [1.165, 1.54) is 0 Å². The van der Waals surface area contributed by atoms with Crippen molar-refractivity contribution in [3.63, 3.8) is 0 Å². The Morgan fingerprint density at radius 1 is 0.688 bits per heavy atom. The van der Waals surface area contributed by atoms with Crippen molar-refractivity contribution in [1.29, 1.82) is 0 Å². The van der Waals surface area contributed by atoms with Crippen LogP contribution in [0, 0.1) is 0 Å². The Kier molecular flexibility index (Phi) is 38.6. The molecule has 0 aromatic rings. The predicted octanol–water partition coefficient (Wildman–Crippen LogP) is 1.19. The summed E-state index contributed by atoms with van der Waals surface area (Å²) in [6.07, 6.45) is 2.56. The molecule has 0 spiro atoms. The molecule has 0 radical (unpaired) electrons. The van der Waals surface area contributed by atoms with Gasteiger partial charge in [-0.2, -0.15) is 12.6 Å². The topological polar surface area (TPSA) is 142 Å². The molecule has 0 atom stereocenters. The highest BCUT2D eigenvalue weighted by atomic mass is 32.1. The standard InChI is InChI=1S/C9H18O3S.C6H13NO3.C6H15NO2/c1-2-3-5-11-6-7-12-9(10)4-8-13;1-2-9-3-4-10-6(8)5-7;1-2-8-5-6-9-4-3-7/h13H,2-8H2,1H3;2-5,7H2,1H3;2-7H2,1H3. The van der Waals surface area contributed by atoms with Crippen LogP contribution in [-0.2, 0) is 38.0 Å². The van der Waals surface area contributed by atoms with Crippen molar-refractivity contribution in [3.8, 4) is 0 Å². The minimum atomic E-state index is -0.389. The van der Waals surface area contributed by atoms with Crippen molar-refractivity contribution in [2.24, 2.45) is 11.5 Å². The van der Waals surface area contributed by atoms with Gasteiger partial charge in [0, 0.05) is 32.1 Å². The Morgan fingerprint density at radius 2 is 1.19 bits per heavy atom. The van der Waals surface area contributed by atoms with Gasteiger partial charge in [-0.3, -0.25) is 9.59 Å². The van der Waals surface area contributed by atoms with E-state index in [1.54, 1.807) is 0 Å². The maximum Gasteiger partial charge on any atom is 0.319 e. The molecule has 0 amide bonds. The molecular weight excluding hydrogens is 440 g/mol. The second-order valence-electron chi connectivity index (χ2n) is 5.88. The fourth-order valence-corrected chi connectivity index (χ4v) is 1.77. The maximum absolute atomic E-state index is 10.8. The number of nitrogens with two attached hydrogens (primary N) is 2. The molecule has 0 saturated carbocycles. The number of thiol groups is 1. The highest BCUT2D eigenvalue weighted by Crippen LogP contribution is 1.91. The first kappa shape index (κ1) is 35.6. The average molecular weight is 487 g/mol. The number of hydrogen-bond donors (Lipinski definition) is 3. The fourth-order valence-electron chi connectivity index (χ4n) is 1.59. The second kappa shape index (κ2) is 34.7. The molecule has 0 aliphatic rings. The zero-order chi connectivity index (χ0) is 24.7. The van der Waals surface area contributed by atoms with Crippen LogP contribution >= 0.6 is 12.6 Å². The zero-order valence-corrected chi connectivity index (χ0v) is 21.1. The van der Waals surface area contributed by atoms with E-state index < -0.39 is 0 Å². The van der Waals surface area contributed by atoms with Gasteiger partial charge in [-0.1, -0.05) is 13.3 Å². The van der Waals surface area contributed by atoms with Gasteiger partial charge in [-0.25, -0.2) is 0 Å². The first-order chi connectivity index (χ1) is 15.5. The molecule has 0 aliphatic carbocycles. The smallest absolute Gasteiger partial charge is 0.319 e. The first-order valence-electron chi connectivity index (χ1n) is 11.2. The molecule has 194 valence electrons. The van der Waals surface area contributed by atoms with Crippen LogP contribution in [0.25, 0.3) is 0 Å². The van der Waals surface area contributed by atoms with Crippen LogP contribution in [0.1, 0.15) is 40.0 Å². The molecule has 0 unspecified atom stereocenters. The van der Waals surface area contributed by atoms with Gasteiger partial charge in [0.25, 0.3) is 0 Å². The molecule has 0 heterocycles. The number of carbonyl (C=O) groups excluding carboxylic acids is 2. The molecule has 4 N–H and O–H groups in total. The van der Waals surface area contributed by atoms with E-state index in [4.69, 9.17) is 35.2 Å². The molecule has 0 rings (SSSR count). The van der Waals surface area contributed by atoms with Crippen LogP contribution in [0.15, 0.2) is 0 Å². The number of esters is 2. The summed E-state index contributed by atoms with van der Waals surface area (Å²) in [6, 6.07) is 0. The molecule has 0 aliphatic heterocycles. The molecule has 0 aromatic heterocycles. The van der Waals surface area contributed by atoms with E-state index in [0.717, 1.165) is 26.1 Å². The SMILES string of the molecule is CCCCOCCOC(=O)CCS.CCOCCOC(=O)CN.CCOCCOCCN. The van der Waals surface area contributed by atoms with Gasteiger partial charge in [0.05, 0.1) is 46.0 Å². The maximum atomic E-state index is 10.8. The van der Waals surface area contributed by atoms with Crippen molar-refractivity contribution >= 4 is 24.6 Å². The summed E-state index contributed by atoms with van der Waals surface area (Å²) < 4.78 is 29.6. The summed E-state index contributed by atoms with van der Waals surface area (Å²) >= 11 is 3.92. The third kappa shape index (κ3) is 39.5. The Bertz CT molecular complexity index is 374. The van der Waals surface area contributed by atoms with E-state index in [1.807, 2.05) is 13.8 Å². The highest BCUT2D eigenvalue weighted by Gasteiger charge is 1.99. The second-order valence-corrected chi connectivity index (χ2v) is 6.33. The minimum Gasteiger partial charge on any atom is -0.463 e. The minimum absolute atomic E-state index is 0.0634. The van der Waals surface area contributed by atoms with E-state index in [0.29, 0.717) is 71.6 Å². The van der Waals surface area contributed by atoms with E-state index in [2.05, 4.69) is 24.3 Å². The number of unbranched alkanes of at least 4 members (excludes halogenated alkanes) is 1. The third-order valence-corrected chi connectivity index (χ3v) is 3.37. The van der Waals surface area contributed by atoms with Gasteiger partial charge in [0.15, 0.2) is 0 Å². The zero-order valence-electron chi connectivity index (χ0n) is 20.2. The molecule has 0 bridgehead atoms. The van der Waals surface area contributed by atoms with Gasteiger partial charge in [-0.15, -0.1) is 0 Å². The highest BCUT2D eigenvalue weighted by molar-refractivity contribution is 7.80. The summed E-state index contributed by atoms with van der Waals surface area (Å²) in [6.45, 7) is 12.2. The van der Waals surface area contributed by atoms with Crippen LogP contribution in [0.3, 0.4) is 0 Å². The molecule has 0 fully saturated rings. The van der Waals surface area contributed by atoms with Gasteiger partial charge >= 0.3 is 11.9 Å². The van der Waals surface area contributed by atoms with Crippen molar-refractivity contribution in [3.05, 3.63) is 0 Å². The summed E-state index contributed by atoms with van der Waals surface area (Å²) in [5.41, 5.74) is 10.1. The van der Waals surface area contributed by atoms with Gasteiger partial charge in [0.1, 0.15) is 13.2 Å². The largest absolute Gasteiger partial charge is 0.463 e. The predicted molar refractivity (Wildman–Crippen MR) is 128 cm³/mol. The van der Waals surface area contributed by atoms with Crippen molar-refractivity contribution in [2.45, 2.75) is 40.0 Å². The molecule has 0 aromatic carbocycles. The van der Waals surface area contributed by atoms with Crippen LogP contribution in [0.5, 0.6) is 0 Å². The summed E-state index contributed by atoms with van der Waals surface area (Å²) in [5, 5.41) is 0. The quantitative estimate of drug-likeness (QED) is 0.138. The Labute approximate surface area is 199 Å². The van der Waals surface area contributed by atoms with E-state index >= 15 is 0 Å². The van der Waals surface area contributed by atoms with Gasteiger partial charge < -0.3 is 39.9 Å². The van der Waals surface area contributed by atoms with Crippen LogP contribution in [0.2, 0.25) is 0 Å². The Morgan fingerprint density at radius 3 is 1.69 bits per heavy atom. The number of carbonyl (C=O) groups is 2. The summed E-state index contributed by atoms with van der Waals surface area (Å²) in [7, 11) is 0. The normalized spacial score (nSPS) is 9.81. The molecular formula is C21H46N2O8S. The third-order valence-electron chi connectivity index (χ3n) is 3.15. The molecule has 11 heteroatoms. The van der Waals surface area contributed by atoms with Crippen molar-refractivity contribution in [1.82, 2.24) is 0 Å². The molecule has 10 nitrogen and oxygen atoms in total. The lowest BCUT2D eigenvalue weighted by atomic mass is 10.4. The van der Waals surface area contributed by atoms with E-state index in [9.17, 15) is 9.59 Å². The first-order valence-corrected chi connectivity index (χ1v) is 11.8. The van der Waals surface area contributed by atoms with Crippen LogP contribution in [0.4, 0.5) is 0 Å². The average Bonchev–Trinajstić information content (AvgIpc) is 2.80. The lowest BCUT2D eigenvalue weighted by molar-refractivity contribution is -0.145. The lowest BCUT2D eigenvalue weighted by Crippen LogP contribution is -2.18. The van der Waals surface area contributed by atoms with Crippen LogP contribution < -0.4 is 11.5 Å². The van der Waals surface area contributed by atoms with Gasteiger partial charge in [-0.05, 0) is 20.3 Å². The number of ether oxygens (including phenoxy) is 6. The van der Waals surface area contributed by atoms with Crippen molar-refractivity contribution in [2.75, 3.05) is 84.9 Å². The lowest BCUT2D eigenvalue weighted by Gasteiger charge is -2.04. The molecule has 32 heavy (non-hydrogen) atoms. The van der Waals surface area contributed by atoms with Gasteiger partial charge in [0.2, 0.25) is 0 Å². The number of hydrogen-bond acceptors (Lipinski definition) is 11.